The number of hydrogen-bond acceptors (Lipinski definition) is 7. The minimum Gasteiger partial charge on any atom is -0.490 e. The van der Waals surface area contributed by atoms with Gasteiger partial charge in [-0.15, -0.1) is 0 Å². The number of aromatic nitrogens is 2. The van der Waals surface area contributed by atoms with Crippen molar-refractivity contribution in [3.05, 3.63) is 90.7 Å². The van der Waals surface area contributed by atoms with Gasteiger partial charge in [-0.3, -0.25) is 19.9 Å². The Labute approximate surface area is 182 Å². The van der Waals surface area contributed by atoms with Gasteiger partial charge in [0.05, 0.1) is 11.5 Å². The van der Waals surface area contributed by atoms with E-state index in [1.165, 1.54) is 12.2 Å². The van der Waals surface area contributed by atoms with E-state index in [9.17, 15) is 19.7 Å². The van der Waals surface area contributed by atoms with E-state index in [2.05, 4.69) is 4.98 Å². The highest BCUT2D eigenvalue weighted by Gasteiger charge is 2.18. The highest BCUT2D eigenvalue weighted by Crippen LogP contribution is 2.29. The maximum atomic E-state index is 11.7. The lowest BCUT2D eigenvalue weighted by molar-refractivity contribution is -0.386. The van der Waals surface area contributed by atoms with Crippen LogP contribution in [0.15, 0.2) is 58.1 Å². The molecule has 1 aromatic heterocycles. The summed E-state index contributed by atoms with van der Waals surface area (Å²) in [6.07, 6.45) is 2.80. The van der Waals surface area contributed by atoms with E-state index in [4.69, 9.17) is 14.2 Å². The first kappa shape index (κ1) is 22.3. The van der Waals surface area contributed by atoms with Crippen molar-refractivity contribution in [2.45, 2.75) is 6.92 Å². The normalized spacial score (nSPS) is 10.8. The number of aromatic amines is 2. The largest absolute Gasteiger partial charge is 0.490 e. The quantitative estimate of drug-likeness (QED) is 0.281. The summed E-state index contributed by atoms with van der Waals surface area (Å²) in [7, 11) is 0. The number of nitrogens with one attached hydrogen (secondary N) is 2. The first-order chi connectivity index (χ1) is 15.5. The van der Waals surface area contributed by atoms with Crippen molar-refractivity contribution in [3.63, 3.8) is 0 Å². The van der Waals surface area contributed by atoms with Crippen molar-refractivity contribution in [2.75, 3.05) is 19.8 Å². The first-order valence-corrected chi connectivity index (χ1v) is 9.74. The van der Waals surface area contributed by atoms with Gasteiger partial charge in [-0.1, -0.05) is 30.3 Å². The van der Waals surface area contributed by atoms with E-state index >= 15 is 0 Å². The Morgan fingerprint density at radius 3 is 2.41 bits per heavy atom. The number of H-pyrrole nitrogens is 2. The van der Waals surface area contributed by atoms with Gasteiger partial charge in [0.2, 0.25) is 0 Å². The van der Waals surface area contributed by atoms with Crippen LogP contribution in [0, 0.1) is 10.1 Å². The number of para-hydroxylation sites is 1. The van der Waals surface area contributed by atoms with Crippen LogP contribution in [0.4, 0.5) is 5.69 Å². The maximum absolute atomic E-state index is 11.7. The molecule has 0 radical (unpaired) electrons. The maximum Gasteiger partial charge on any atom is 0.357 e. The Kier molecular flexibility index (Phi) is 7.42. The van der Waals surface area contributed by atoms with Gasteiger partial charge in [0.25, 0.3) is 0 Å². The summed E-state index contributed by atoms with van der Waals surface area (Å²) in [5.74, 6) is 1.73. The van der Waals surface area contributed by atoms with Crippen LogP contribution in [-0.4, -0.2) is 34.7 Å². The van der Waals surface area contributed by atoms with Crippen LogP contribution >= 0.6 is 0 Å². The molecule has 0 bridgehead atoms. The topological polar surface area (TPSA) is 137 Å². The molecule has 0 amide bonds. The molecule has 0 saturated carbocycles. The van der Waals surface area contributed by atoms with Crippen molar-refractivity contribution < 1.29 is 19.1 Å². The molecule has 3 aromatic rings. The van der Waals surface area contributed by atoms with Gasteiger partial charge in [0, 0.05) is 0 Å². The van der Waals surface area contributed by atoms with Crippen molar-refractivity contribution in [1.29, 1.82) is 0 Å². The average Bonchev–Trinajstić information content (AvgIpc) is 2.76. The predicted molar refractivity (Wildman–Crippen MR) is 118 cm³/mol. The van der Waals surface area contributed by atoms with Gasteiger partial charge in [-0.2, -0.15) is 0 Å². The van der Waals surface area contributed by atoms with E-state index in [1.54, 1.807) is 18.2 Å². The molecule has 0 aliphatic rings. The van der Waals surface area contributed by atoms with Gasteiger partial charge >= 0.3 is 16.9 Å². The minimum absolute atomic E-state index is 0.208. The summed E-state index contributed by atoms with van der Waals surface area (Å²) >= 11 is 0. The lowest BCUT2D eigenvalue weighted by atomic mass is 10.1. The molecule has 0 unspecified atom stereocenters. The second kappa shape index (κ2) is 10.6. The van der Waals surface area contributed by atoms with E-state index in [0.717, 1.165) is 5.75 Å². The molecule has 1 heterocycles. The van der Waals surface area contributed by atoms with Crippen molar-refractivity contribution in [2.24, 2.45) is 0 Å². The molecule has 32 heavy (non-hydrogen) atoms. The molecule has 10 heteroatoms. The first-order valence-electron chi connectivity index (χ1n) is 9.74. The zero-order valence-electron chi connectivity index (χ0n) is 17.2. The molecular weight excluding hydrogens is 418 g/mol. The van der Waals surface area contributed by atoms with Crippen molar-refractivity contribution in [3.8, 4) is 17.2 Å². The summed E-state index contributed by atoms with van der Waals surface area (Å²) in [5, 5.41) is 11.1. The van der Waals surface area contributed by atoms with Gasteiger partial charge in [0.15, 0.2) is 11.5 Å². The molecule has 10 nitrogen and oxygen atoms in total. The summed E-state index contributed by atoms with van der Waals surface area (Å²) < 4.78 is 17.0. The SMILES string of the molecule is CCOc1cc(C=Cc2[nH]c(=O)[nH]c(=O)c2[N+](=O)[O-])ccc1OCCOc1ccccc1. The Morgan fingerprint density at radius 1 is 0.938 bits per heavy atom. The molecule has 0 saturated heterocycles. The number of nitrogens with zero attached hydrogens (tertiary/aromatic N) is 1. The molecule has 0 spiro atoms. The van der Waals surface area contributed by atoms with Crippen LogP contribution in [0.25, 0.3) is 12.2 Å². The van der Waals surface area contributed by atoms with Gasteiger partial charge in [-0.05, 0) is 42.8 Å². The molecule has 2 aromatic carbocycles. The van der Waals surface area contributed by atoms with Crippen LogP contribution in [0.1, 0.15) is 18.2 Å². The number of rotatable bonds is 10. The smallest absolute Gasteiger partial charge is 0.357 e. The summed E-state index contributed by atoms with van der Waals surface area (Å²) in [6, 6.07) is 14.5. The second-order valence-corrected chi connectivity index (χ2v) is 6.41. The van der Waals surface area contributed by atoms with Crippen LogP contribution < -0.4 is 25.5 Å². The lowest BCUT2D eigenvalue weighted by Crippen LogP contribution is -2.25. The van der Waals surface area contributed by atoms with Crippen LogP contribution in [0.2, 0.25) is 0 Å². The standard InChI is InChI=1S/C22H21N3O7/c1-2-30-19-14-15(8-10-17-20(25(28)29)21(26)24-22(27)23-17)9-11-18(19)32-13-12-31-16-6-4-3-5-7-16/h3-11,14H,2,12-13H2,1H3,(H2,23,24,26,27). The van der Waals surface area contributed by atoms with Crippen molar-refractivity contribution >= 4 is 17.8 Å². The lowest BCUT2D eigenvalue weighted by Gasteiger charge is -2.13. The molecule has 2 N–H and O–H groups in total. The average molecular weight is 439 g/mol. The third-order valence-electron chi connectivity index (χ3n) is 4.19. The molecule has 0 aliphatic heterocycles. The van der Waals surface area contributed by atoms with E-state index in [0.29, 0.717) is 36.9 Å². The Morgan fingerprint density at radius 2 is 1.69 bits per heavy atom. The molecule has 3 rings (SSSR count). The molecular formula is C22H21N3O7. The Hall–Kier alpha value is -4.34. The van der Waals surface area contributed by atoms with Gasteiger partial charge in [0.1, 0.15) is 24.7 Å². The fraction of sp³-hybridized carbons (Fsp3) is 0.182. The fourth-order valence-electron chi connectivity index (χ4n) is 2.82. The minimum atomic E-state index is -1.07. The summed E-state index contributed by atoms with van der Waals surface area (Å²) in [5.41, 5.74) is -2.24. The monoisotopic (exact) mass is 439 g/mol. The predicted octanol–water partition coefficient (Wildman–Crippen LogP) is 3.00. The Balaban J connectivity index is 1.74. The highest BCUT2D eigenvalue weighted by atomic mass is 16.6. The zero-order chi connectivity index (χ0) is 22.9. The van der Waals surface area contributed by atoms with E-state index < -0.39 is 21.9 Å². The zero-order valence-corrected chi connectivity index (χ0v) is 17.2. The molecule has 0 fully saturated rings. The number of benzene rings is 2. The van der Waals surface area contributed by atoms with E-state index in [1.807, 2.05) is 42.2 Å². The van der Waals surface area contributed by atoms with E-state index in [-0.39, 0.29) is 5.69 Å². The number of ether oxygens (including phenoxy) is 3. The number of hydrogen-bond donors (Lipinski definition) is 2. The van der Waals surface area contributed by atoms with Crippen LogP contribution in [-0.2, 0) is 0 Å². The Bertz CT molecular complexity index is 1220. The molecule has 0 aliphatic carbocycles. The third kappa shape index (κ3) is 5.85. The fourth-order valence-corrected chi connectivity index (χ4v) is 2.82. The highest BCUT2D eigenvalue weighted by molar-refractivity contribution is 5.72. The van der Waals surface area contributed by atoms with Gasteiger partial charge in [-0.25, -0.2) is 4.79 Å². The number of nitro groups is 1. The van der Waals surface area contributed by atoms with Crippen LogP contribution in [0.5, 0.6) is 17.2 Å². The van der Waals surface area contributed by atoms with Gasteiger partial charge < -0.3 is 19.2 Å². The van der Waals surface area contributed by atoms with Crippen LogP contribution in [0.3, 0.4) is 0 Å². The third-order valence-corrected chi connectivity index (χ3v) is 4.19. The molecule has 0 atom stereocenters. The second-order valence-electron chi connectivity index (χ2n) is 6.41. The summed E-state index contributed by atoms with van der Waals surface area (Å²) in [6.45, 7) is 2.87. The molecule has 166 valence electrons. The summed E-state index contributed by atoms with van der Waals surface area (Å²) in [4.78, 5) is 37.6. The van der Waals surface area contributed by atoms with Crippen molar-refractivity contribution in [1.82, 2.24) is 9.97 Å².